The van der Waals surface area contributed by atoms with Gasteiger partial charge in [0, 0.05) is 11.4 Å². The fourth-order valence-electron chi connectivity index (χ4n) is 1.97. The lowest BCUT2D eigenvalue weighted by Crippen LogP contribution is -2.39. The highest BCUT2D eigenvalue weighted by molar-refractivity contribution is 7.16. The maximum absolute atomic E-state index is 10.1. The number of aliphatic hydroxyl groups excluding tert-OH is 1. The van der Waals surface area contributed by atoms with Crippen molar-refractivity contribution < 1.29 is 9.84 Å². The van der Waals surface area contributed by atoms with Gasteiger partial charge in [-0.25, -0.2) is 0 Å². The molecule has 1 atom stereocenters. The molecule has 7 heteroatoms. The Bertz CT molecular complexity index is 634. The molecule has 1 aromatic heterocycles. The van der Waals surface area contributed by atoms with Crippen LogP contribution in [0.3, 0.4) is 0 Å². The van der Waals surface area contributed by atoms with Crippen LogP contribution in [0.15, 0.2) is 47.5 Å². The quantitative estimate of drug-likeness (QED) is 0.381. The molecule has 1 heterocycles. The molecule has 0 saturated heterocycles. The van der Waals surface area contributed by atoms with Crippen molar-refractivity contribution in [2.45, 2.75) is 13.0 Å². The number of nitrogens with one attached hydrogen (secondary N) is 2. The lowest BCUT2D eigenvalue weighted by Gasteiger charge is -2.13. The molecule has 0 amide bonds. The number of thiophene rings is 1. The summed E-state index contributed by atoms with van der Waals surface area (Å²) in [5, 5.41) is 16.5. The van der Waals surface area contributed by atoms with Crippen LogP contribution in [-0.4, -0.2) is 37.3 Å². The Balaban J connectivity index is 1.77. The van der Waals surface area contributed by atoms with Gasteiger partial charge in [0.05, 0.1) is 17.4 Å². The molecule has 2 rings (SSSR count). The topological polar surface area (TPSA) is 65.9 Å². The van der Waals surface area contributed by atoms with Crippen molar-refractivity contribution in [2.75, 3.05) is 26.2 Å². The third-order valence-electron chi connectivity index (χ3n) is 3.10. The number of hydrogen-bond donors (Lipinski definition) is 3. The van der Waals surface area contributed by atoms with E-state index >= 15 is 0 Å². The summed E-state index contributed by atoms with van der Waals surface area (Å²) >= 11 is 7.25. The minimum atomic E-state index is -0.654. The highest BCUT2D eigenvalue weighted by Crippen LogP contribution is 2.26. The Morgan fingerprint density at radius 2 is 2.04 bits per heavy atom. The number of aliphatic imine (C=N–C) groups is 1. The first kappa shape index (κ1) is 18.6. The fraction of sp³-hybridized carbons (Fsp3) is 0.353. The summed E-state index contributed by atoms with van der Waals surface area (Å²) < 4.78 is 6.29. The maximum Gasteiger partial charge on any atom is 0.191 e. The number of halogens is 1. The third-order valence-corrected chi connectivity index (χ3v) is 4.43. The van der Waals surface area contributed by atoms with Gasteiger partial charge in [0.2, 0.25) is 0 Å². The zero-order valence-corrected chi connectivity index (χ0v) is 15.1. The SMILES string of the molecule is CCNC(=NCC(O)c1ccc(Cl)s1)NCCOc1ccccc1. The van der Waals surface area contributed by atoms with E-state index < -0.39 is 6.10 Å². The second-order valence-electron chi connectivity index (χ2n) is 4.97. The van der Waals surface area contributed by atoms with E-state index in [9.17, 15) is 5.11 Å². The number of guanidine groups is 1. The van der Waals surface area contributed by atoms with Crippen LogP contribution in [0, 0.1) is 0 Å². The number of benzene rings is 1. The second kappa shape index (κ2) is 10.2. The van der Waals surface area contributed by atoms with E-state index in [0.717, 1.165) is 17.2 Å². The summed E-state index contributed by atoms with van der Waals surface area (Å²) in [5.41, 5.74) is 0. The minimum Gasteiger partial charge on any atom is -0.492 e. The zero-order valence-electron chi connectivity index (χ0n) is 13.5. The standard InChI is InChI=1S/C17H22ClN3O2S/c1-2-19-17(20-10-11-23-13-6-4-3-5-7-13)21-12-14(22)15-8-9-16(18)24-15/h3-9,14,22H,2,10-12H2,1H3,(H2,19,20,21). The molecule has 0 spiro atoms. The molecule has 0 bridgehead atoms. The van der Waals surface area contributed by atoms with Gasteiger partial charge >= 0.3 is 0 Å². The van der Waals surface area contributed by atoms with E-state index in [4.69, 9.17) is 16.3 Å². The Labute approximate surface area is 151 Å². The van der Waals surface area contributed by atoms with Gasteiger partial charge in [-0.2, -0.15) is 0 Å². The van der Waals surface area contributed by atoms with E-state index in [1.54, 1.807) is 6.07 Å². The van der Waals surface area contributed by atoms with Gasteiger partial charge in [-0.05, 0) is 31.2 Å². The molecule has 0 saturated carbocycles. The molecule has 1 aromatic carbocycles. The van der Waals surface area contributed by atoms with Crippen LogP contribution in [0.25, 0.3) is 0 Å². The van der Waals surface area contributed by atoms with Crippen molar-refractivity contribution in [3.05, 3.63) is 51.7 Å². The van der Waals surface area contributed by atoms with E-state index in [1.807, 2.05) is 43.3 Å². The van der Waals surface area contributed by atoms with E-state index in [1.165, 1.54) is 11.3 Å². The van der Waals surface area contributed by atoms with Crippen molar-refractivity contribution in [1.82, 2.24) is 10.6 Å². The molecule has 0 fully saturated rings. The number of hydrogen-bond acceptors (Lipinski definition) is 4. The van der Waals surface area contributed by atoms with Crippen LogP contribution in [0.4, 0.5) is 0 Å². The molecule has 3 N–H and O–H groups in total. The summed E-state index contributed by atoms with van der Waals surface area (Å²) in [5.74, 6) is 1.49. The first-order valence-electron chi connectivity index (χ1n) is 7.82. The number of nitrogens with zero attached hydrogens (tertiary/aromatic N) is 1. The Morgan fingerprint density at radius 1 is 1.25 bits per heavy atom. The Kier molecular flexibility index (Phi) is 7.88. The molecule has 1 unspecified atom stereocenters. The Morgan fingerprint density at radius 3 is 2.71 bits per heavy atom. The van der Waals surface area contributed by atoms with Crippen LogP contribution in [0.5, 0.6) is 5.75 Å². The number of ether oxygens (including phenoxy) is 1. The van der Waals surface area contributed by atoms with Gasteiger partial charge in [-0.15, -0.1) is 11.3 Å². The molecule has 0 aliphatic carbocycles. The van der Waals surface area contributed by atoms with Gasteiger partial charge < -0.3 is 20.5 Å². The van der Waals surface area contributed by atoms with Crippen LogP contribution in [0.1, 0.15) is 17.9 Å². The summed E-state index contributed by atoms with van der Waals surface area (Å²) in [6, 6.07) is 13.3. The first-order chi connectivity index (χ1) is 11.7. The first-order valence-corrected chi connectivity index (χ1v) is 9.02. The highest BCUT2D eigenvalue weighted by atomic mass is 35.5. The average Bonchev–Trinajstić information content (AvgIpc) is 3.03. The summed E-state index contributed by atoms with van der Waals surface area (Å²) in [6.07, 6.45) is -0.654. The smallest absolute Gasteiger partial charge is 0.191 e. The van der Waals surface area contributed by atoms with Crippen LogP contribution < -0.4 is 15.4 Å². The van der Waals surface area contributed by atoms with E-state index in [2.05, 4.69) is 15.6 Å². The normalized spacial score (nSPS) is 12.7. The number of aliphatic hydroxyl groups is 1. The van der Waals surface area contributed by atoms with Crippen molar-refractivity contribution in [2.24, 2.45) is 4.99 Å². The molecule has 24 heavy (non-hydrogen) atoms. The van der Waals surface area contributed by atoms with E-state index in [0.29, 0.717) is 23.4 Å². The molecule has 5 nitrogen and oxygen atoms in total. The largest absolute Gasteiger partial charge is 0.492 e. The average molecular weight is 368 g/mol. The fourth-order valence-corrected chi connectivity index (χ4v) is 3.01. The minimum absolute atomic E-state index is 0.270. The molecule has 0 aliphatic heterocycles. The monoisotopic (exact) mass is 367 g/mol. The number of para-hydroxylation sites is 1. The van der Waals surface area contributed by atoms with Gasteiger partial charge in [-0.1, -0.05) is 29.8 Å². The summed E-state index contributed by atoms with van der Waals surface area (Å²) in [7, 11) is 0. The molecule has 0 aliphatic rings. The van der Waals surface area contributed by atoms with Gasteiger partial charge in [0.1, 0.15) is 18.5 Å². The predicted molar refractivity (Wildman–Crippen MR) is 100 cm³/mol. The van der Waals surface area contributed by atoms with Gasteiger partial charge in [-0.3, -0.25) is 4.99 Å². The van der Waals surface area contributed by atoms with Gasteiger partial charge in [0.15, 0.2) is 5.96 Å². The molecular formula is C17H22ClN3O2S. The predicted octanol–water partition coefficient (Wildman–Crippen LogP) is 3.07. The summed E-state index contributed by atoms with van der Waals surface area (Å²) in [6.45, 7) is 4.14. The van der Waals surface area contributed by atoms with Crippen molar-refractivity contribution in [1.29, 1.82) is 0 Å². The van der Waals surface area contributed by atoms with E-state index in [-0.39, 0.29) is 6.54 Å². The summed E-state index contributed by atoms with van der Waals surface area (Å²) in [4.78, 5) is 5.21. The third kappa shape index (κ3) is 6.39. The number of rotatable bonds is 8. The molecule has 2 aromatic rings. The Hall–Kier alpha value is -1.76. The molecule has 130 valence electrons. The maximum atomic E-state index is 10.1. The lowest BCUT2D eigenvalue weighted by atomic mass is 10.3. The van der Waals surface area contributed by atoms with Crippen molar-refractivity contribution >= 4 is 28.9 Å². The van der Waals surface area contributed by atoms with Gasteiger partial charge in [0.25, 0.3) is 0 Å². The van der Waals surface area contributed by atoms with Crippen LogP contribution >= 0.6 is 22.9 Å². The zero-order chi connectivity index (χ0) is 17.2. The second-order valence-corrected chi connectivity index (χ2v) is 6.71. The lowest BCUT2D eigenvalue weighted by molar-refractivity contribution is 0.191. The van der Waals surface area contributed by atoms with Crippen LogP contribution in [0.2, 0.25) is 4.34 Å². The van der Waals surface area contributed by atoms with Crippen molar-refractivity contribution in [3.63, 3.8) is 0 Å². The molecular weight excluding hydrogens is 346 g/mol. The van der Waals surface area contributed by atoms with Crippen molar-refractivity contribution in [3.8, 4) is 5.75 Å². The van der Waals surface area contributed by atoms with Crippen LogP contribution in [-0.2, 0) is 0 Å². The highest BCUT2D eigenvalue weighted by Gasteiger charge is 2.10. The molecule has 0 radical (unpaired) electrons.